The van der Waals surface area contributed by atoms with Crippen LogP contribution in [-0.4, -0.2) is 17.5 Å². The fourth-order valence-corrected chi connectivity index (χ4v) is 0.472. The Morgan fingerprint density at radius 1 is 1.23 bits per heavy atom. The second kappa shape index (κ2) is 5.84. The number of hydrogen-bond donors (Lipinski definition) is 0. The van der Waals surface area contributed by atoms with Gasteiger partial charge in [0.15, 0.2) is 0 Å². The van der Waals surface area contributed by atoms with Crippen molar-refractivity contribution in [2.24, 2.45) is 0 Å². The first-order valence-corrected chi connectivity index (χ1v) is 3.43. The summed E-state index contributed by atoms with van der Waals surface area (Å²) in [6.45, 7) is 5.08. The van der Waals surface area contributed by atoms with E-state index in [0.29, 0.717) is 6.08 Å². The molecule has 68 valence electrons. The Bertz CT molecular complexity index is 215. The Morgan fingerprint density at radius 3 is 2.00 bits per heavy atom. The van der Waals surface area contributed by atoms with Crippen molar-refractivity contribution in [3.05, 3.63) is 12.2 Å². The summed E-state index contributed by atoms with van der Waals surface area (Å²) in [6, 6.07) is 0. The minimum absolute atomic E-state index is 0. The van der Waals surface area contributed by atoms with Crippen LogP contribution < -0.4 is 24.0 Å². The molecule has 0 rings (SSSR count). The van der Waals surface area contributed by atoms with E-state index in [1.54, 1.807) is 20.8 Å². The number of carbonyl (C=O) groups is 2. The van der Waals surface area contributed by atoms with Crippen LogP contribution in [0.25, 0.3) is 0 Å². The Balaban J connectivity index is 0. The molecule has 0 atom stereocenters. The van der Waals surface area contributed by atoms with Crippen LogP contribution in [0.2, 0.25) is 0 Å². The van der Waals surface area contributed by atoms with Gasteiger partial charge < -0.3 is 14.6 Å². The number of aliphatic carboxylic acids is 1. The molecule has 13 heavy (non-hydrogen) atoms. The number of ether oxygens (including phenoxy) is 1. The molecular formula is C8H11LiO4. The molecule has 0 saturated carbocycles. The van der Waals surface area contributed by atoms with Gasteiger partial charge in [0.1, 0.15) is 5.60 Å². The predicted molar refractivity (Wildman–Crippen MR) is 40.0 cm³/mol. The fraction of sp³-hybridized carbons (Fsp3) is 0.500. The van der Waals surface area contributed by atoms with Crippen molar-refractivity contribution >= 4 is 11.9 Å². The molecule has 0 fully saturated rings. The average molecular weight is 178 g/mol. The van der Waals surface area contributed by atoms with Crippen LogP contribution in [0.1, 0.15) is 20.8 Å². The van der Waals surface area contributed by atoms with Gasteiger partial charge in [-0.25, -0.2) is 4.79 Å². The summed E-state index contributed by atoms with van der Waals surface area (Å²) in [5.41, 5.74) is -0.604. The molecule has 0 aliphatic rings. The average Bonchev–Trinajstić information content (AvgIpc) is 1.79. The van der Waals surface area contributed by atoms with Crippen LogP contribution in [0.3, 0.4) is 0 Å². The number of carbonyl (C=O) groups excluding carboxylic acids is 2. The first kappa shape index (κ1) is 14.8. The first-order chi connectivity index (χ1) is 5.31. The maximum Gasteiger partial charge on any atom is 1.00 e. The fourth-order valence-electron chi connectivity index (χ4n) is 0.472. The van der Waals surface area contributed by atoms with E-state index in [1.165, 1.54) is 0 Å². The second-order valence-corrected chi connectivity index (χ2v) is 3.19. The summed E-state index contributed by atoms with van der Waals surface area (Å²) in [7, 11) is 0. The maximum absolute atomic E-state index is 10.8. The second-order valence-electron chi connectivity index (χ2n) is 3.19. The molecule has 0 amide bonds. The quantitative estimate of drug-likeness (QED) is 0.251. The number of carboxylic acid groups (broad SMARTS) is 1. The molecule has 0 radical (unpaired) electrons. The molecule has 0 saturated heterocycles. The molecule has 0 aliphatic heterocycles. The Labute approximate surface area is 89.1 Å². The SMILES string of the molecule is CC(C)(C)OC(=O)/C=C\C(=O)[O-].[Li+]. The third-order valence-electron chi connectivity index (χ3n) is 0.762. The molecular weight excluding hydrogens is 167 g/mol. The van der Waals surface area contributed by atoms with Crippen molar-refractivity contribution in [1.29, 1.82) is 0 Å². The van der Waals surface area contributed by atoms with Gasteiger partial charge in [-0.2, -0.15) is 0 Å². The predicted octanol–water partition coefficient (Wildman–Crippen LogP) is -3.36. The molecule has 5 heteroatoms. The van der Waals surface area contributed by atoms with Crippen LogP contribution in [0.5, 0.6) is 0 Å². The van der Waals surface area contributed by atoms with Crippen LogP contribution in [0, 0.1) is 0 Å². The van der Waals surface area contributed by atoms with Crippen LogP contribution in [-0.2, 0) is 14.3 Å². The van der Waals surface area contributed by atoms with Crippen molar-refractivity contribution < 1.29 is 38.3 Å². The number of rotatable bonds is 2. The minimum atomic E-state index is -1.42. The summed E-state index contributed by atoms with van der Waals surface area (Å²) >= 11 is 0. The summed E-state index contributed by atoms with van der Waals surface area (Å²) in [5.74, 6) is -2.10. The summed E-state index contributed by atoms with van der Waals surface area (Å²) in [6.07, 6.45) is 1.45. The zero-order valence-electron chi connectivity index (χ0n) is 8.29. The molecule has 0 bridgehead atoms. The Morgan fingerprint density at radius 2 is 1.69 bits per heavy atom. The Kier molecular flexibility index (Phi) is 6.64. The standard InChI is InChI=1S/C8H12O4.Li/c1-8(2,3)12-7(11)5-4-6(9)10;/h4-5H,1-3H3,(H,9,10);/q;+1/p-1/b5-4-;. The van der Waals surface area contributed by atoms with E-state index in [1.807, 2.05) is 0 Å². The van der Waals surface area contributed by atoms with Gasteiger partial charge in [-0.3, -0.25) is 0 Å². The van der Waals surface area contributed by atoms with Crippen molar-refractivity contribution in [1.82, 2.24) is 0 Å². The smallest absolute Gasteiger partial charge is 0.545 e. The molecule has 0 aromatic carbocycles. The molecule has 0 aromatic rings. The third-order valence-corrected chi connectivity index (χ3v) is 0.762. The zero-order chi connectivity index (χ0) is 9.78. The molecule has 0 N–H and O–H groups in total. The molecule has 0 heterocycles. The topological polar surface area (TPSA) is 66.4 Å². The van der Waals surface area contributed by atoms with E-state index in [-0.39, 0.29) is 18.9 Å². The van der Waals surface area contributed by atoms with Crippen LogP contribution in [0.4, 0.5) is 0 Å². The van der Waals surface area contributed by atoms with E-state index in [0.717, 1.165) is 6.08 Å². The number of hydrogen-bond acceptors (Lipinski definition) is 4. The van der Waals surface area contributed by atoms with E-state index in [9.17, 15) is 14.7 Å². The zero-order valence-corrected chi connectivity index (χ0v) is 8.29. The largest absolute Gasteiger partial charge is 1.00 e. The molecule has 0 spiro atoms. The Hall–Kier alpha value is -0.723. The van der Waals surface area contributed by atoms with E-state index in [2.05, 4.69) is 0 Å². The van der Waals surface area contributed by atoms with Crippen molar-refractivity contribution in [3.63, 3.8) is 0 Å². The summed E-state index contributed by atoms with van der Waals surface area (Å²) < 4.78 is 4.77. The number of esters is 1. The monoisotopic (exact) mass is 178 g/mol. The van der Waals surface area contributed by atoms with E-state index >= 15 is 0 Å². The third kappa shape index (κ3) is 11.3. The van der Waals surface area contributed by atoms with Crippen molar-refractivity contribution in [2.75, 3.05) is 0 Å². The van der Waals surface area contributed by atoms with Gasteiger partial charge >= 0.3 is 24.8 Å². The maximum atomic E-state index is 10.8. The normalized spacial score (nSPS) is 10.7. The van der Waals surface area contributed by atoms with Gasteiger partial charge in [-0.15, -0.1) is 0 Å². The molecule has 4 nitrogen and oxygen atoms in total. The van der Waals surface area contributed by atoms with E-state index in [4.69, 9.17) is 4.74 Å². The van der Waals surface area contributed by atoms with Gasteiger partial charge in [0, 0.05) is 6.08 Å². The van der Waals surface area contributed by atoms with Gasteiger partial charge in [-0.05, 0) is 26.8 Å². The van der Waals surface area contributed by atoms with Crippen molar-refractivity contribution in [3.8, 4) is 0 Å². The van der Waals surface area contributed by atoms with Crippen LogP contribution in [0.15, 0.2) is 12.2 Å². The summed E-state index contributed by atoms with van der Waals surface area (Å²) in [4.78, 5) is 20.6. The summed E-state index contributed by atoms with van der Waals surface area (Å²) in [5, 5.41) is 9.86. The molecule has 0 aromatic heterocycles. The van der Waals surface area contributed by atoms with Crippen molar-refractivity contribution in [2.45, 2.75) is 26.4 Å². The van der Waals surface area contributed by atoms with E-state index < -0.39 is 17.5 Å². The molecule has 0 aliphatic carbocycles. The van der Waals surface area contributed by atoms with Gasteiger partial charge in [0.05, 0.1) is 5.97 Å². The van der Waals surface area contributed by atoms with Gasteiger partial charge in [0.2, 0.25) is 0 Å². The van der Waals surface area contributed by atoms with Gasteiger partial charge in [0.25, 0.3) is 0 Å². The molecule has 0 unspecified atom stereocenters. The minimum Gasteiger partial charge on any atom is -0.545 e. The van der Waals surface area contributed by atoms with Gasteiger partial charge in [-0.1, -0.05) is 0 Å². The van der Waals surface area contributed by atoms with Crippen LogP contribution >= 0.6 is 0 Å². The number of carboxylic acids is 1. The first-order valence-electron chi connectivity index (χ1n) is 3.43.